The minimum atomic E-state index is -0.168. The standard InChI is InChI=1S/C32H34N4O4/c1-3-4-21-40-26-15-9-23(10-16-26)31(37)33-24-11-13-25(14-12-24)35-17-19-36(20-18-35)32(38)29-22-30(39-2)27-7-5-6-8-28(27)34-29/h5-16,22H,3-4,17-21H2,1-2H3,(H,33,37). The van der Waals surface area contributed by atoms with Crippen molar-refractivity contribution in [2.45, 2.75) is 19.8 Å². The van der Waals surface area contributed by atoms with Gasteiger partial charge in [-0.25, -0.2) is 4.98 Å². The number of anilines is 2. The van der Waals surface area contributed by atoms with Gasteiger partial charge in [0.1, 0.15) is 17.2 Å². The van der Waals surface area contributed by atoms with E-state index in [0.29, 0.717) is 49.8 Å². The summed E-state index contributed by atoms with van der Waals surface area (Å²) in [4.78, 5) is 34.6. The lowest BCUT2D eigenvalue weighted by Gasteiger charge is -2.36. The number of carbonyl (C=O) groups is 2. The molecule has 0 spiro atoms. The predicted octanol–water partition coefficient (Wildman–Crippen LogP) is 5.64. The third kappa shape index (κ3) is 6.17. The van der Waals surface area contributed by atoms with Gasteiger partial charge in [-0.05, 0) is 67.1 Å². The lowest BCUT2D eigenvalue weighted by molar-refractivity contribution is 0.0740. The van der Waals surface area contributed by atoms with Gasteiger partial charge in [-0.1, -0.05) is 25.5 Å². The summed E-state index contributed by atoms with van der Waals surface area (Å²) in [6.07, 6.45) is 2.08. The Morgan fingerprint density at radius 1 is 0.925 bits per heavy atom. The molecule has 40 heavy (non-hydrogen) atoms. The summed E-state index contributed by atoms with van der Waals surface area (Å²) in [6.45, 7) is 5.38. The third-order valence-electron chi connectivity index (χ3n) is 7.06. The number of carbonyl (C=O) groups excluding carboxylic acids is 2. The Labute approximate surface area is 234 Å². The summed E-state index contributed by atoms with van der Waals surface area (Å²) in [6, 6.07) is 24.4. The molecule has 3 aromatic carbocycles. The first kappa shape index (κ1) is 27.0. The van der Waals surface area contributed by atoms with E-state index >= 15 is 0 Å². The van der Waals surface area contributed by atoms with Crippen LogP contribution in [0.15, 0.2) is 78.9 Å². The molecule has 0 saturated carbocycles. The second-order valence-electron chi connectivity index (χ2n) is 9.73. The highest BCUT2D eigenvalue weighted by molar-refractivity contribution is 6.04. The Kier molecular flexibility index (Phi) is 8.44. The summed E-state index contributed by atoms with van der Waals surface area (Å²) in [5.41, 5.74) is 3.48. The van der Waals surface area contributed by atoms with Crippen LogP contribution in [-0.4, -0.2) is 61.6 Å². The fourth-order valence-electron chi connectivity index (χ4n) is 4.75. The minimum Gasteiger partial charge on any atom is -0.496 e. The number of pyridine rings is 1. The van der Waals surface area contributed by atoms with Gasteiger partial charge in [0, 0.05) is 54.6 Å². The number of rotatable bonds is 9. The molecule has 2 heterocycles. The highest BCUT2D eigenvalue weighted by atomic mass is 16.5. The van der Waals surface area contributed by atoms with Crippen molar-refractivity contribution < 1.29 is 19.1 Å². The van der Waals surface area contributed by atoms with E-state index < -0.39 is 0 Å². The minimum absolute atomic E-state index is 0.0951. The first-order chi connectivity index (χ1) is 19.6. The average molecular weight is 539 g/mol. The molecule has 8 heteroatoms. The van der Waals surface area contributed by atoms with E-state index in [0.717, 1.165) is 40.9 Å². The molecular formula is C32H34N4O4. The Hall–Kier alpha value is -4.59. The number of nitrogens with zero attached hydrogens (tertiary/aromatic N) is 3. The lowest BCUT2D eigenvalue weighted by atomic mass is 10.1. The third-order valence-corrected chi connectivity index (χ3v) is 7.06. The van der Waals surface area contributed by atoms with Gasteiger partial charge in [0.15, 0.2) is 0 Å². The number of benzene rings is 3. The molecule has 1 aliphatic heterocycles. The van der Waals surface area contributed by atoms with Crippen molar-refractivity contribution in [3.8, 4) is 11.5 Å². The molecule has 4 aromatic rings. The molecule has 1 saturated heterocycles. The van der Waals surface area contributed by atoms with E-state index in [4.69, 9.17) is 9.47 Å². The molecule has 5 rings (SSSR count). The zero-order valence-electron chi connectivity index (χ0n) is 22.9. The van der Waals surface area contributed by atoms with Crippen LogP contribution in [0.5, 0.6) is 11.5 Å². The molecule has 0 atom stereocenters. The maximum absolute atomic E-state index is 13.2. The normalized spacial score (nSPS) is 13.2. The van der Waals surface area contributed by atoms with Crippen LogP contribution in [-0.2, 0) is 0 Å². The number of unbranched alkanes of at least 4 members (excludes halogenated alkanes) is 1. The summed E-state index contributed by atoms with van der Waals surface area (Å²) in [5.74, 6) is 1.15. The van der Waals surface area contributed by atoms with Crippen molar-refractivity contribution in [2.24, 2.45) is 0 Å². The van der Waals surface area contributed by atoms with Crippen LogP contribution in [0.4, 0.5) is 11.4 Å². The van der Waals surface area contributed by atoms with Gasteiger partial charge in [-0.2, -0.15) is 0 Å². The summed E-state index contributed by atoms with van der Waals surface area (Å²) in [5, 5.41) is 3.84. The van der Waals surface area contributed by atoms with Crippen LogP contribution in [0.25, 0.3) is 10.9 Å². The van der Waals surface area contributed by atoms with Crippen molar-refractivity contribution in [1.29, 1.82) is 0 Å². The van der Waals surface area contributed by atoms with Gasteiger partial charge in [0.25, 0.3) is 11.8 Å². The van der Waals surface area contributed by atoms with Crippen molar-refractivity contribution in [3.63, 3.8) is 0 Å². The number of hydrogen-bond acceptors (Lipinski definition) is 6. The molecule has 0 unspecified atom stereocenters. The van der Waals surface area contributed by atoms with Gasteiger partial charge in [-0.15, -0.1) is 0 Å². The number of piperazine rings is 1. The summed E-state index contributed by atoms with van der Waals surface area (Å²) in [7, 11) is 1.60. The van der Waals surface area contributed by atoms with Crippen LogP contribution in [0.2, 0.25) is 0 Å². The first-order valence-corrected chi connectivity index (χ1v) is 13.7. The molecule has 0 bridgehead atoms. The molecule has 8 nitrogen and oxygen atoms in total. The van der Waals surface area contributed by atoms with Crippen LogP contribution in [0, 0.1) is 0 Å². The highest BCUT2D eigenvalue weighted by Gasteiger charge is 2.24. The van der Waals surface area contributed by atoms with Crippen LogP contribution in [0.3, 0.4) is 0 Å². The largest absolute Gasteiger partial charge is 0.496 e. The van der Waals surface area contributed by atoms with Crippen molar-refractivity contribution in [2.75, 3.05) is 50.1 Å². The first-order valence-electron chi connectivity index (χ1n) is 13.7. The highest BCUT2D eigenvalue weighted by Crippen LogP contribution is 2.26. The van der Waals surface area contributed by atoms with E-state index in [9.17, 15) is 9.59 Å². The van der Waals surface area contributed by atoms with Gasteiger partial charge in [0.05, 0.1) is 19.2 Å². The zero-order valence-corrected chi connectivity index (χ0v) is 22.9. The number of hydrogen-bond donors (Lipinski definition) is 1. The fraction of sp³-hybridized carbons (Fsp3) is 0.281. The second-order valence-corrected chi connectivity index (χ2v) is 9.73. The maximum Gasteiger partial charge on any atom is 0.272 e. The monoisotopic (exact) mass is 538 g/mol. The molecule has 1 N–H and O–H groups in total. The molecule has 0 aliphatic carbocycles. The fourth-order valence-corrected chi connectivity index (χ4v) is 4.75. The molecule has 206 valence electrons. The van der Waals surface area contributed by atoms with Crippen molar-refractivity contribution >= 4 is 34.1 Å². The van der Waals surface area contributed by atoms with Crippen molar-refractivity contribution in [3.05, 3.63) is 90.1 Å². The molecule has 0 radical (unpaired) electrons. The number of para-hydroxylation sites is 1. The van der Waals surface area contributed by atoms with Crippen LogP contribution in [0.1, 0.15) is 40.6 Å². The topological polar surface area (TPSA) is 84.0 Å². The van der Waals surface area contributed by atoms with Crippen LogP contribution >= 0.6 is 0 Å². The Morgan fingerprint density at radius 3 is 2.35 bits per heavy atom. The van der Waals surface area contributed by atoms with Gasteiger partial charge in [-0.3, -0.25) is 9.59 Å². The average Bonchev–Trinajstić information content (AvgIpc) is 3.01. The molecule has 1 aliphatic rings. The number of methoxy groups -OCH3 is 1. The number of ether oxygens (including phenoxy) is 2. The van der Waals surface area contributed by atoms with E-state index in [1.807, 2.05) is 65.6 Å². The van der Waals surface area contributed by atoms with E-state index in [2.05, 4.69) is 22.1 Å². The molecule has 2 amide bonds. The molecule has 1 aromatic heterocycles. The zero-order chi connectivity index (χ0) is 27.9. The number of amides is 2. The van der Waals surface area contributed by atoms with Crippen molar-refractivity contribution in [1.82, 2.24) is 9.88 Å². The smallest absolute Gasteiger partial charge is 0.272 e. The molecular weight excluding hydrogens is 504 g/mol. The van der Waals surface area contributed by atoms with E-state index in [1.165, 1.54) is 0 Å². The van der Waals surface area contributed by atoms with Gasteiger partial charge < -0.3 is 24.6 Å². The SMILES string of the molecule is CCCCOc1ccc(C(=O)Nc2ccc(N3CCN(C(=O)c4cc(OC)c5ccccc5n4)CC3)cc2)cc1. The lowest BCUT2D eigenvalue weighted by Crippen LogP contribution is -2.49. The van der Waals surface area contributed by atoms with Gasteiger partial charge >= 0.3 is 0 Å². The maximum atomic E-state index is 13.2. The second kappa shape index (κ2) is 12.5. The Balaban J connectivity index is 1.15. The van der Waals surface area contributed by atoms with Crippen LogP contribution < -0.4 is 19.7 Å². The Bertz CT molecular complexity index is 1460. The van der Waals surface area contributed by atoms with E-state index in [-0.39, 0.29) is 11.8 Å². The number of aromatic nitrogens is 1. The Morgan fingerprint density at radius 2 is 1.65 bits per heavy atom. The number of fused-ring (bicyclic) bond motifs is 1. The quantitative estimate of drug-likeness (QED) is 0.278. The van der Waals surface area contributed by atoms with E-state index in [1.54, 1.807) is 25.3 Å². The number of nitrogens with one attached hydrogen (secondary N) is 1. The predicted molar refractivity (Wildman–Crippen MR) is 158 cm³/mol. The molecule has 1 fully saturated rings. The summed E-state index contributed by atoms with van der Waals surface area (Å²) < 4.78 is 11.2. The van der Waals surface area contributed by atoms with Gasteiger partial charge in [0.2, 0.25) is 0 Å². The summed E-state index contributed by atoms with van der Waals surface area (Å²) >= 11 is 0.